The molecule has 0 spiro atoms. The zero-order chi connectivity index (χ0) is 14.0. The van der Waals surface area contributed by atoms with E-state index >= 15 is 0 Å². The van der Waals surface area contributed by atoms with E-state index in [-0.39, 0.29) is 23.9 Å². The van der Waals surface area contributed by atoms with E-state index in [1.54, 1.807) is 0 Å². The van der Waals surface area contributed by atoms with Gasteiger partial charge >= 0.3 is 6.18 Å². The number of alkyl halides is 3. The first-order valence-corrected chi connectivity index (χ1v) is 6.22. The van der Waals surface area contributed by atoms with E-state index in [1.165, 1.54) is 0 Å². The first-order valence-electron chi connectivity index (χ1n) is 6.22. The van der Waals surface area contributed by atoms with Gasteiger partial charge < -0.3 is 11.1 Å². The molecule has 2 nitrogen and oxygen atoms in total. The standard InChI is InChI=1S/C13H16F4N2.ClH/c14-11-2-1-9(13(15,16)17)7-10(11)12(18)8-3-5-19-6-4-8;/h1-2,7-8,12,19H,3-6,18H2;1H/t12-;/m1./s1. The van der Waals surface area contributed by atoms with E-state index in [4.69, 9.17) is 5.73 Å². The quantitative estimate of drug-likeness (QED) is 0.823. The molecule has 0 radical (unpaired) electrons. The maximum absolute atomic E-state index is 13.7. The van der Waals surface area contributed by atoms with Crippen molar-refractivity contribution in [2.24, 2.45) is 11.7 Å². The lowest BCUT2D eigenvalue weighted by Crippen LogP contribution is -2.34. The van der Waals surface area contributed by atoms with E-state index in [0.29, 0.717) is 0 Å². The lowest BCUT2D eigenvalue weighted by Gasteiger charge is -2.28. The number of halogens is 5. The maximum atomic E-state index is 13.7. The molecule has 0 unspecified atom stereocenters. The molecule has 0 aliphatic carbocycles. The molecule has 1 aromatic rings. The lowest BCUT2D eigenvalue weighted by atomic mass is 9.86. The van der Waals surface area contributed by atoms with Crippen molar-refractivity contribution in [2.45, 2.75) is 25.1 Å². The molecule has 20 heavy (non-hydrogen) atoms. The Morgan fingerprint density at radius 2 is 1.80 bits per heavy atom. The van der Waals surface area contributed by atoms with Gasteiger partial charge in [0.15, 0.2) is 0 Å². The Labute approximate surface area is 121 Å². The molecule has 3 N–H and O–H groups in total. The number of nitrogens with one attached hydrogen (secondary N) is 1. The predicted molar refractivity (Wildman–Crippen MR) is 71.2 cm³/mol. The molecule has 0 amide bonds. The molecule has 1 aromatic carbocycles. The largest absolute Gasteiger partial charge is 0.416 e. The molecule has 1 aliphatic rings. The molecule has 1 atom stereocenters. The second kappa shape index (κ2) is 6.74. The summed E-state index contributed by atoms with van der Waals surface area (Å²) in [6.45, 7) is 1.53. The molecular formula is C13H17ClF4N2. The molecule has 1 saturated heterocycles. The van der Waals surface area contributed by atoms with E-state index in [9.17, 15) is 17.6 Å². The number of rotatable bonds is 2. The fraction of sp³-hybridized carbons (Fsp3) is 0.538. The molecular weight excluding hydrogens is 296 g/mol. The van der Waals surface area contributed by atoms with Crippen LogP contribution in [0.4, 0.5) is 17.6 Å². The average molecular weight is 313 g/mol. The fourth-order valence-corrected chi connectivity index (χ4v) is 2.43. The first kappa shape index (κ1) is 17.2. The van der Waals surface area contributed by atoms with E-state index in [0.717, 1.165) is 44.1 Å². The van der Waals surface area contributed by atoms with Crippen LogP contribution in [0.15, 0.2) is 18.2 Å². The fourth-order valence-electron chi connectivity index (χ4n) is 2.43. The van der Waals surface area contributed by atoms with Crippen LogP contribution in [0.3, 0.4) is 0 Å². The highest BCUT2D eigenvalue weighted by Crippen LogP contribution is 2.34. The zero-order valence-electron chi connectivity index (χ0n) is 10.7. The highest BCUT2D eigenvalue weighted by molar-refractivity contribution is 5.85. The van der Waals surface area contributed by atoms with Crippen molar-refractivity contribution in [1.82, 2.24) is 5.32 Å². The number of hydrogen-bond donors (Lipinski definition) is 2. The van der Waals surface area contributed by atoms with Gasteiger partial charge in [0, 0.05) is 11.6 Å². The second-order valence-corrected chi connectivity index (χ2v) is 4.85. The lowest BCUT2D eigenvalue weighted by molar-refractivity contribution is -0.137. The van der Waals surface area contributed by atoms with Gasteiger partial charge in [0.25, 0.3) is 0 Å². The molecule has 1 heterocycles. The van der Waals surface area contributed by atoms with Gasteiger partial charge in [-0.1, -0.05) is 0 Å². The van der Waals surface area contributed by atoms with Crippen LogP contribution in [0.5, 0.6) is 0 Å². The summed E-state index contributed by atoms with van der Waals surface area (Å²) in [7, 11) is 0. The third kappa shape index (κ3) is 3.84. The van der Waals surface area contributed by atoms with Crippen LogP contribution >= 0.6 is 12.4 Å². The highest BCUT2D eigenvalue weighted by Gasteiger charge is 2.32. The summed E-state index contributed by atoms with van der Waals surface area (Å²) in [4.78, 5) is 0. The van der Waals surface area contributed by atoms with E-state index < -0.39 is 23.6 Å². The van der Waals surface area contributed by atoms with Crippen LogP contribution in [0, 0.1) is 11.7 Å². The van der Waals surface area contributed by atoms with Gasteiger partial charge in [-0.05, 0) is 50.0 Å². The minimum absolute atomic E-state index is 0. The summed E-state index contributed by atoms with van der Waals surface area (Å²) in [5.74, 6) is -0.654. The summed E-state index contributed by atoms with van der Waals surface area (Å²) < 4.78 is 51.6. The van der Waals surface area contributed by atoms with Crippen molar-refractivity contribution >= 4 is 12.4 Å². The molecule has 7 heteroatoms. The molecule has 1 fully saturated rings. The molecule has 0 bridgehead atoms. The Morgan fingerprint density at radius 1 is 1.20 bits per heavy atom. The van der Waals surface area contributed by atoms with Gasteiger partial charge in [0.2, 0.25) is 0 Å². The Balaban J connectivity index is 0.00000200. The smallest absolute Gasteiger partial charge is 0.324 e. The van der Waals surface area contributed by atoms with Crippen molar-refractivity contribution in [1.29, 1.82) is 0 Å². The van der Waals surface area contributed by atoms with Crippen molar-refractivity contribution in [3.05, 3.63) is 35.1 Å². The van der Waals surface area contributed by atoms with Crippen LogP contribution < -0.4 is 11.1 Å². The summed E-state index contributed by atoms with van der Waals surface area (Å²) in [6, 6.07) is 1.74. The Bertz CT molecular complexity index is 444. The summed E-state index contributed by atoms with van der Waals surface area (Å²) in [5, 5.41) is 3.14. The van der Waals surface area contributed by atoms with E-state index in [1.807, 2.05) is 0 Å². The van der Waals surface area contributed by atoms with Crippen LogP contribution in [-0.2, 0) is 6.18 Å². The third-order valence-electron chi connectivity index (χ3n) is 3.57. The predicted octanol–water partition coefficient (Wildman–Crippen LogP) is 3.27. The number of piperidine rings is 1. The maximum Gasteiger partial charge on any atom is 0.416 e. The Hall–Kier alpha value is -0.850. The van der Waals surface area contributed by atoms with Gasteiger partial charge in [-0.25, -0.2) is 4.39 Å². The monoisotopic (exact) mass is 312 g/mol. The van der Waals surface area contributed by atoms with Crippen LogP contribution in [0.25, 0.3) is 0 Å². The molecule has 2 rings (SSSR count). The Kier molecular flexibility index (Phi) is 5.79. The van der Waals surface area contributed by atoms with Gasteiger partial charge in [0.1, 0.15) is 5.82 Å². The normalized spacial score (nSPS) is 18.4. The number of nitrogens with two attached hydrogens (primary N) is 1. The van der Waals surface area contributed by atoms with Crippen LogP contribution in [0.2, 0.25) is 0 Å². The minimum Gasteiger partial charge on any atom is -0.324 e. The highest BCUT2D eigenvalue weighted by atomic mass is 35.5. The second-order valence-electron chi connectivity index (χ2n) is 4.85. The van der Waals surface area contributed by atoms with Gasteiger partial charge in [-0.2, -0.15) is 13.2 Å². The average Bonchev–Trinajstić information content (AvgIpc) is 2.38. The molecule has 0 saturated carbocycles. The number of hydrogen-bond acceptors (Lipinski definition) is 2. The van der Waals surface area contributed by atoms with Crippen molar-refractivity contribution in [3.8, 4) is 0 Å². The zero-order valence-corrected chi connectivity index (χ0v) is 11.5. The third-order valence-corrected chi connectivity index (χ3v) is 3.57. The molecule has 0 aromatic heterocycles. The SMILES string of the molecule is Cl.N[C@@H](c1cc(C(F)(F)F)ccc1F)C1CCNCC1. The Morgan fingerprint density at radius 3 is 2.35 bits per heavy atom. The summed E-state index contributed by atoms with van der Waals surface area (Å²) >= 11 is 0. The molecule has 1 aliphatic heterocycles. The molecule has 114 valence electrons. The van der Waals surface area contributed by atoms with Crippen LogP contribution in [0.1, 0.15) is 30.0 Å². The minimum atomic E-state index is -4.48. The van der Waals surface area contributed by atoms with Crippen LogP contribution in [-0.4, -0.2) is 13.1 Å². The number of benzene rings is 1. The first-order chi connectivity index (χ1) is 8.89. The van der Waals surface area contributed by atoms with Gasteiger partial charge in [0.05, 0.1) is 5.56 Å². The van der Waals surface area contributed by atoms with Gasteiger partial charge in [-0.3, -0.25) is 0 Å². The van der Waals surface area contributed by atoms with Crippen molar-refractivity contribution in [2.75, 3.05) is 13.1 Å². The summed E-state index contributed by atoms with van der Waals surface area (Å²) in [6.07, 6.45) is -2.98. The van der Waals surface area contributed by atoms with E-state index in [2.05, 4.69) is 5.32 Å². The van der Waals surface area contributed by atoms with Crippen molar-refractivity contribution < 1.29 is 17.6 Å². The van der Waals surface area contributed by atoms with Gasteiger partial charge in [-0.15, -0.1) is 12.4 Å². The summed E-state index contributed by atoms with van der Waals surface area (Å²) in [5.41, 5.74) is 5.05. The topological polar surface area (TPSA) is 38.0 Å². The van der Waals surface area contributed by atoms with Crippen molar-refractivity contribution in [3.63, 3.8) is 0 Å².